The lowest BCUT2D eigenvalue weighted by Crippen LogP contribution is -2.23. The normalized spacial score (nSPS) is 13.1. The van der Waals surface area contributed by atoms with Gasteiger partial charge in [0.15, 0.2) is 0 Å². The molecule has 0 fully saturated rings. The van der Waals surface area contributed by atoms with Crippen LogP contribution in [-0.2, 0) is 18.5 Å². The summed E-state index contributed by atoms with van der Waals surface area (Å²) in [6.45, 7) is 6.02. The SMILES string of the molecule is CCC1(CC)c2cc(-c3cn(Cc4ccccc4)nn3)ccc2-c2ccc(-c3nc4ccc(-c5cn(Cc6ccccc6)nn5)cc4s3)cc21. The number of thiazole rings is 1. The van der Waals surface area contributed by atoms with Gasteiger partial charge in [0.05, 0.1) is 35.7 Å². The van der Waals surface area contributed by atoms with Crippen LogP contribution in [0, 0.1) is 0 Å². The fourth-order valence-corrected chi connectivity index (χ4v) is 8.56. The monoisotopic (exact) mass is 669 g/mol. The van der Waals surface area contributed by atoms with E-state index in [0.29, 0.717) is 13.1 Å². The van der Waals surface area contributed by atoms with Crippen LogP contribution in [0.3, 0.4) is 0 Å². The fourth-order valence-electron chi connectivity index (χ4n) is 7.56. The average Bonchev–Trinajstić information content (AvgIpc) is 3.97. The number of rotatable bonds is 9. The lowest BCUT2D eigenvalue weighted by molar-refractivity contribution is 0.490. The molecule has 8 aromatic rings. The van der Waals surface area contributed by atoms with Crippen LogP contribution < -0.4 is 0 Å². The van der Waals surface area contributed by atoms with Gasteiger partial charge in [0.25, 0.3) is 0 Å². The summed E-state index contributed by atoms with van der Waals surface area (Å²) in [6.07, 6.45) is 6.08. The fraction of sp³-hybridized carbons (Fsp3) is 0.167. The van der Waals surface area contributed by atoms with Gasteiger partial charge in [-0.15, -0.1) is 21.5 Å². The molecule has 0 bridgehead atoms. The molecule has 0 aliphatic heterocycles. The zero-order valence-electron chi connectivity index (χ0n) is 28.0. The molecule has 50 heavy (non-hydrogen) atoms. The molecular weight excluding hydrogens is 635 g/mol. The summed E-state index contributed by atoms with van der Waals surface area (Å²) in [5.74, 6) is 0. The first-order valence-electron chi connectivity index (χ1n) is 17.2. The van der Waals surface area contributed by atoms with Crippen molar-refractivity contribution in [2.45, 2.75) is 45.2 Å². The van der Waals surface area contributed by atoms with Crippen LogP contribution >= 0.6 is 11.3 Å². The Morgan fingerprint density at radius 2 is 1.10 bits per heavy atom. The van der Waals surface area contributed by atoms with E-state index in [2.05, 4.69) is 132 Å². The van der Waals surface area contributed by atoms with Crippen molar-refractivity contribution in [1.29, 1.82) is 0 Å². The van der Waals surface area contributed by atoms with Crippen LogP contribution in [0.1, 0.15) is 48.9 Å². The van der Waals surface area contributed by atoms with E-state index in [1.54, 1.807) is 11.3 Å². The van der Waals surface area contributed by atoms with Crippen LogP contribution in [0.5, 0.6) is 0 Å². The van der Waals surface area contributed by atoms with Gasteiger partial charge in [-0.25, -0.2) is 14.3 Å². The summed E-state index contributed by atoms with van der Waals surface area (Å²) in [6, 6.07) is 40.9. The third-order valence-electron chi connectivity index (χ3n) is 10.2. The van der Waals surface area contributed by atoms with Gasteiger partial charge >= 0.3 is 0 Å². The first-order valence-corrected chi connectivity index (χ1v) is 18.0. The molecule has 0 radical (unpaired) electrons. The predicted molar refractivity (Wildman–Crippen MR) is 201 cm³/mol. The van der Waals surface area contributed by atoms with Gasteiger partial charge in [-0.2, -0.15) is 0 Å². The quantitative estimate of drug-likeness (QED) is 0.153. The highest BCUT2D eigenvalue weighted by atomic mass is 32.1. The summed E-state index contributed by atoms with van der Waals surface area (Å²) >= 11 is 1.73. The molecule has 3 heterocycles. The first kappa shape index (κ1) is 30.3. The number of fused-ring (bicyclic) bond motifs is 4. The Balaban J connectivity index is 1.02. The minimum Gasteiger partial charge on any atom is -0.247 e. The second-order valence-electron chi connectivity index (χ2n) is 13.1. The summed E-state index contributed by atoms with van der Waals surface area (Å²) in [5.41, 5.74) is 13.8. The van der Waals surface area contributed by atoms with Gasteiger partial charge < -0.3 is 0 Å². The highest BCUT2D eigenvalue weighted by Gasteiger charge is 2.41. The molecule has 0 N–H and O–H groups in total. The number of hydrogen-bond acceptors (Lipinski definition) is 6. The number of aromatic nitrogens is 7. The van der Waals surface area contributed by atoms with E-state index in [4.69, 9.17) is 4.98 Å². The van der Waals surface area contributed by atoms with Gasteiger partial charge in [0.1, 0.15) is 16.4 Å². The third-order valence-corrected chi connectivity index (χ3v) is 11.3. The largest absolute Gasteiger partial charge is 0.247 e. The van der Waals surface area contributed by atoms with E-state index >= 15 is 0 Å². The van der Waals surface area contributed by atoms with Crippen LogP contribution in [0.4, 0.5) is 0 Å². The highest BCUT2D eigenvalue weighted by Crippen LogP contribution is 2.54. The molecular formula is C42H35N7S. The van der Waals surface area contributed by atoms with Crippen molar-refractivity contribution in [2.75, 3.05) is 0 Å². The van der Waals surface area contributed by atoms with Crippen molar-refractivity contribution < 1.29 is 0 Å². The molecule has 0 atom stereocenters. The Labute approximate surface area is 294 Å². The second-order valence-corrected chi connectivity index (χ2v) is 14.1. The summed E-state index contributed by atoms with van der Waals surface area (Å²) < 4.78 is 4.95. The third kappa shape index (κ3) is 5.24. The van der Waals surface area contributed by atoms with E-state index in [1.807, 2.05) is 39.8 Å². The summed E-state index contributed by atoms with van der Waals surface area (Å²) in [5, 5.41) is 18.9. The Morgan fingerprint density at radius 1 is 0.580 bits per heavy atom. The maximum Gasteiger partial charge on any atom is 0.124 e. The Morgan fingerprint density at radius 3 is 1.68 bits per heavy atom. The van der Waals surface area contributed by atoms with Crippen molar-refractivity contribution >= 4 is 21.6 Å². The summed E-state index contributed by atoms with van der Waals surface area (Å²) in [7, 11) is 0. The van der Waals surface area contributed by atoms with Gasteiger partial charge in [-0.3, -0.25) is 0 Å². The molecule has 0 spiro atoms. The molecule has 244 valence electrons. The molecule has 3 aromatic heterocycles. The lowest BCUT2D eigenvalue weighted by Gasteiger charge is -2.30. The zero-order chi connectivity index (χ0) is 33.7. The maximum absolute atomic E-state index is 5.10. The van der Waals surface area contributed by atoms with Gasteiger partial charge in [0, 0.05) is 22.1 Å². The van der Waals surface area contributed by atoms with Crippen molar-refractivity contribution in [3.63, 3.8) is 0 Å². The molecule has 7 nitrogen and oxygen atoms in total. The molecule has 1 aliphatic carbocycles. The van der Waals surface area contributed by atoms with Crippen molar-refractivity contribution in [3.8, 4) is 44.2 Å². The predicted octanol–water partition coefficient (Wildman–Crippen LogP) is 9.66. The number of benzene rings is 5. The van der Waals surface area contributed by atoms with E-state index in [-0.39, 0.29) is 5.41 Å². The Hall–Kier alpha value is -5.73. The van der Waals surface area contributed by atoms with E-state index in [0.717, 1.165) is 56.1 Å². The highest BCUT2D eigenvalue weighted by molar-refractivity contribution is 7.21. The zero-order valence-corrected chi connectivity index (χ0v) is 28.8. The first-order chi connectivity index (χ1) is 24.6. The van der Waals surface area contributed by atoms with Crippen LogP contribution in [0.2, 0.25) is 0 Å². The van der Waals surface area contributed by atoms with Crippen LogP contribution in [0.25, 0.3) is 54.4 Å². The second kappa shape index (κ2) is 12.3. The van der Waals surface area contributed by atoms with Gasteiger partial charge in [-0.05, 0) is 70.5 Å². The molecule has 0 amide bonds. The smallest absolute Gasteiger partial charge is 0.124 e. The molecule has 0 unspecified atom stereocenters. The van der Waals surface area contributed by atoms with E-state index < -0.39 is 0 Å². The van der Waals surface area contributed by atoms with E-state index in [1.165, 1.54) is 33.4 Å². The van der Waals surface area contributed by atoms with Gasteiger partial charge in [0.2, 0.25) is 0 Å². The Bertz CT molecular complexity index is 2470. The minimum atomic E-state index is -0.0911. The average molecular weight is 670 g/mol. The van der Waals surface area contributed by atoms with Gasteiger partial charge in [-0.1, -0.05) is 115 Å². The lowest BCUT2D eigenvalue weighted by atomic mass is 9.73. The molecule has 0 saturated carbocycles. The number of nitrogens with zero attached hydrogens (tertiary/aromatic N) is 7. The minimum absolute atomic E-state index is 0.0911. The summed E-state index contributed by atoms with van der Waals surface area (Å²) in [4.78, 5) is 5.10. The molecule has 1 aliphatic rings. The van der Waals surface area contributed by atoms with Crippen LogP contribution in [-0.4, -0.2) is 35.0 Å². The molecule has 8 heteroatoms. The number of hydrogen-bond donors (Lipinski definition) is 0. The van der Waals surface area contributed by atoms with Crippen molar-refractivity contribution in [1.82, 2.24) is 35.0 Å². The molecule has 0 saturated heterocycles. The van der Waals surface area contributed by atoms with Crippen LogP contribution in [0.15, 0.2) is 128 Å². The topological polar surface area (TPSA) is 74.3 Å². The Kier molecular flexibility index (Phi) is 7.47. The molecule has 5 aromatic carbocycles. The van der Waals surface area contributed by atoms with Crippen molar-refractivity contribution in [2.24, 2.45) is 0 Å². The maximum atomic E-state index is 5.10. The standard InChI is InChI=1S/C42H35N7S/c1-3-42(4-2)35-21-30(38-26-48(46-44-38)24-28-11-7-5-8-12-28)15-18-33(35)34-19-16-32(22-36(34)42)41-43-37-20-17-31(23-40(37)50-41)39-27-49(47-45-39)25-29-13-9-6-10-14-29/h5-23,26-27H,3-4,24-25H2,1-2H3. The molecule has 9 rings (SSSR count). The van der Waals surface area contributed by atoms with E-state index in [9.17, 15) is 0 Å². The van der Waals surface area contributed by atoms with Crippen molar-refractivity contribution in [3.05, 3.63) is 150 Å².